The fraction of sp³-hybridized carbons (Fsp3) is 0.194. The van der Waals surface area contributed by atoms with Crippen LogP contribution in [-0.4, -0.2) is 17.6 Å². The van der Waals surface area contributed by atoms with Gasteiger partial charge in [-0.15, -0.1) is 0 Å². The molecule has 5 aromatic rings. The number of ether oxygens (including phenoxy) is 2. The average molecular weight is 658 g/mol. The molecule has 228 valence electrons. The molecule has 1 atom stereocenters. The minimum atomic E-state index is -0.685. The number of fused-ring (bicyclic) bond motifs is 2. The second-order valence-corrected chi connectivity index (χ2v) is 13.0. The Morgan fingerprint density at radius 1 is 1.02 bits per heavy atom. The van der Waals surface area contributed by atoms with Crippen LogP contribution in [0.5, 0.6) is 5.75 Å². The molecule has 6 nitrogen and oxygen atoms in total. The van der Waals surface area contributed by atoms with E-state index in [4.69, 9.17) is 37.7 Å². The predicted octanol–water partition coefficient (Wildman–Crippen LogP) is 7.57. The Bertz CT molecular complexity index is 2160. The highest BCUT2D eigenvalue weighted by Gasteiger charge is 2.33. The first-order valence-electron chi connectivity index (χ1n) is 14.5. The molecular formula is C36H30Cl2N2O4S. The van der Waals surface area contributed by atoms with E-state index in [1.54, 1.807) is 23.6 Å². The van der Waals surface area contributed by atoms with Gasteiger partial charge in [0.15, 0.2) is 4.80 Å². The van der Waals surface area contributed by atoms with E-state index < -0.39 is 12.0 Å². The second-order valence-electron chi connectivity index (χ2n) is 11.1. The van der Waals surface area contributed by atoms with Gasteiger partial charge in [-0.05, 0) is 64.6 Å². The fourth-order valence-corrected chi connectivity index (χ4v) is 6.89. The number of halogens is 2. The Labute approximate surface area is 274 Å². The number of thiazole rings is 1. The van der Waals surface area contributed by atoms with Crippen LogP contribution >= 0.6 is 34.5 Å². The van der Waals surface area contributed by atoms with Crippen LogP contribution in [0.3, 0.4) is 0 Å². The van der Waals surface area contributed by atoms with Crippen LogP contribution < -0.4 is 19.6 Å². The molecule has 0 saturated heterocycles. The lowest BCUT2D eigenvalue weighted by Crippen LogP contribution is -2.39. The molecule has 0 radical (unpaired) electrons. The third-order valence-corrected chi connectivity index (χ3v) is 9.65. The van der Waals surface area contributed by atoms with Crippen molar-refractivity contribution in [3.63, 3.8) is 0 Å². The minimum absolute atomic E-state index is 0.255. The van der Waals surface area contributed by atoms with E-state index in [-0.39, 0.29) is 12.2 Å². The summed E-state index contributed by atoms with van der Waals surface area (Å²) in [5, 5.41) is 2.86. The Morgan fingerprint density at radius 2 is 1.78 bits per heavy atom. The number of rotatable bonds is 7. The first-order chi connectivity index (χ1) is 21.7. The van der Waals surface area contributed by atoms with E-state index in [0.717, 1.165) is 33.0 Å². The zero-order valence-electron chi connectivity index (χ0n) is 25.1. The molecular weight excluding hydrogens is 627 g/mol. The summed E-state index contributed by atoms with van der Waals surface area (Å²) in [6.07, 6.45) is 1.85. The second kappa shape index (κ2) is 12.7. The normalized spacial score (nSPS) is 14.9. The van der Waals surface area contributed by atoms with Crippen molar-refractivity contribution in [3.8, 4) is 5.75 Å². The molecule has 0 N–H and O–H groups in total. The molecule has 0 spiro atoms. The maximum absolute atomic E-state index is 14.3. The van der Waals surface area contributed by atoms with Crippen LogP contribution in [-0.2, 0) is 16.1 Å². The highest BCUT2D eigenvalue weighted by Crippen LogP contribution is 2.33. The number of esters is 1. The fourth-order valence-electron chi connectivity index (χ4n) is 5.54. The molecule has 0 saturated carbocycles. The summed E-state index contributed by atoms with van der Waals surface area (Å²) < 4.78 is 13.5. The summed E-state index contributed by atoms with van der Waals surface area (Å²) in [4.78, 5) is 32.6. The van der Waals surface area contributed by atoms with Crippen molar-refractivity contribution < 1.29 is 14.3 Å². The van der Waals surface area contributed by atoms with Crippen molar-refractivity contribution in [2.24, 2.45) is 4.99 Å². The number of hydrogen-bond acceptors (Lipinski definition) is 6. The first-order valence-corrected chi connectivity index (χ1v) is 16.0. The summed E-state index contributed by atoms with van der Waals surface area (Å²) in [5.41, 5.74) is 4.19. The Morgan fingerprint density at radius 3 is 2.49 bits per heavy atom. The molecule has 1 aromatic heterocycles. The minimum Gasteiger partial charge on any atom is -0.488 e. The quantitative estimate of drug-likeness (QED) is 0.169. The van der Waals surface area contributed by atoms with Gasteiger partial charge in [-0.2, -0.15) is 0 Å². The molecule has 0 fully saturated rings. The standard InChI is InChI=1S/C36H30Cl2N2O4S/c1-20(2)23-10-12-25(13-11-23)33-32(35(42)43-4)21(3)39-36-40(33)34(41)31(45-36)18-27-26-8-6-5-7-24(26)14-16-30(27)44-19-22-9-15-28(37)29(38)17-22/h5-18,20,33H,19H2,1-4H3/b31-18-/t33-/m1/s1. The van der Waals surface area contributed by atoms with Gasteiger partial charge in [0.2, 0.25) is 0 Å². The molecule has 0 aliphatic carbocycles. The van der Waals surface area contributed by atoms with E-state index >= 15 is 0 Å². The van der Waals surface area contributed by atoms with Crippen molar-refractivity contribution >= 4 is 57.4 Å². The van der Waals surface area contributed by atoms with Crippen LogP contribution in [0.4, 0.5) is 0 Å². The monoisotopic (exact) mass is 656 g/mol. The molecule has 45 heavy (non-hydrogen) atoms. The van der Waals surface area contributed by atoms with E-state index in [1.165, 1.54) is 18.4 Å². The number of hydrogen-bond donors (Lipinski definition) is 0. The van der Waals surface area contributed by atoms with Crippen LogP contribution in [0, 0.1) is 0 Å². The van der Waals surface area contributed by atoms with Gasteiger partial charge in [-0.1, -0.05) is 109 Å². The lowest BCUT2D eigenvalue weighted by Gasteiger charge is -2.24. The lowest BCUT2D eigenvalue weighted by atomic mass is 9.93. The topological polar surface area (TPSA) is 69.9 Å². The molecule has 0 bridgehead atoms. The van der Waals surface area contributed by atoms with E-state index in [2.05, 4.69) is 13.8 Å². The molecule has 0 unspecified atom stereocenters. The van der Waals surface area contributed by atoms with Crippen molar-refractivity contribution in [1.82, 2.24) is 4.57 Å². The number of aromatic nitrogens is 1. The molecule has 1 aliphatic heterocycles. The Balaban J connectivity index is 1.51. The maximum atomic E-state index is 14.3. The summed E-state index contributed by atoms with van der Waals surface area (Å²) in [6, 6.07) is 24.5. The van der Waals surface area contributed by atoms with Crippen molar-refractivity contribution in [2.45, 2.75) is 39.3 Å². The van der Waals surface area contributed by atoms with E-state index in [9.17, 15) is 9.59 Å². The third kappa shape index (κ3) is 5.96. The van der Waals surface area contributed by atoms with E-state index in [0.29, 0.717) is 42.3 Å². The highest BCUT2D eigenvalue weighted by atomic mass is 35.5. The van der Waals surface area contributed by atoms with E-state index in [1.807, 2.05) is 72.8 Å². The number of allylic oxidation sites excluding steroid dienone is 1. The average Bonchev–Trinajstić information content (AvgIpc) is 3.34. The molecule has 1 aliphatic rings. The largest absolute Gasteiger partial charge is 0.488 e. The lowest BCUT2D eigenvalue weighted by molar-refractivity contribution is -0.136. The van der Waals surface area contributed by atoms with Gasteiger partial charge < -0.3 is 9.47 Å². The van der Waals surface area contributed by atoms with Gasteiger partial charge in [0.25, 0.3) is 5.56 Å². The van der Waals surface area contributed by atoms with Crippen LogP contribution in [0.1, 0.15) is 55.0 Å². The number of methoxy groups -OCH3 is 1. The van der Waals surface area contributed by atoms with Gasteiger partial charge >= 0.3 is 5.97 Å². The summed E-state index contributed by atoms with van der Waals surface area (Å²) in [6.45, 7) is 6.28. The summed E-state index contributed by atoms with van der Waals surface area (Å²) in [7, 11) is 1.34. The van der Waals surface area contributed by atoms with Crippen molar-refractivity contribution in [1.29, 1.82) is 0 Å². The smallest absolute Gasteiger partial charge is 0.338 e. The molecule has 2 heterocycles. The van der Waals surface area contributed by atoms with Gasteiger partial charge in [0, 0.05) is 5.56 Å². The number of carbonyl (C=O) groups excluding carboxylic acids is 1. The molecule has 0 amide bonds. The first kappa shape index (κ1) is 30.8. The SMILES string of the molecule is COC(=O)C1=C(C)N=c2s/c(=C\c3c(OCc4ccc(Cl)c(Cl)c4)ccc4ccccc34)c(=O)n2[C@@H]1c1ccc(C(C)C)cc1. The summed E-state index contributed by atoms with van der Waals surface area (Å²) >= 11 is 13.6. The van der Waals surface area contributed by atoms with Crippen molar-refractivity contribution in [2.75, 3.05) is 7.11 Å². The molecule has 4 aromatic carbocycles. The zero-order valence-corrected chi connectivity index (χ0v) is 27.5. The van der Waals surface area contributed by atoms with Crippen molar-refractivity contribution in [3.05, 3.63) is 142 Å². The number of benzene rings is 4. The van der Waals surface area contributed by atoms with Crippen LogP contribution in [0.15, 0.2) is 99.9 Å². The van der Waals surface area contributed by atoms with Gasteiger partial charge in [-0.3, -0.25) is 9.36 Å². The summed E-state index contributed by atoms with van der Waals surface area (Å²) in [5.74, 6) is 0.431. The van der Waals surface area contributed by atoms with Gasteiger partial charge in [-0.25, -0.2) is 9.79 Å². The van der Waals surface area contributed by atoms with Gasteiger partial charge in [0.05, 0.1) is 39.0 Å². The zero-order chi connectivity index (χ0) is 31.8. The van der Waals surface area contributed by atoms with Gasteiger partial charge in [0.1, 0.15) is 12.4 Å². The molecule has 6 rings (SSSR count). The number of nitrogens with zero attached hydrogens (tertiary/aromatic N) is 2. The Kier molecular flexibility index (Phi) is 8.69. The maximum Gasteiger partial charge on any atom is 0.338 e. The highest BCUT2D eigenvalue weighted by molar-refractivity contribution is 7.07. The third-order valence-electron chi connectivity index (χ3n) is 7.93. The molecule has 9 heteroatoms. The van der Waals surface area contributed by atoms with Crippen LogP contribution in [0.2, 0.25) is 10.0 Å². The Hall–Kier alpha value is -4.17. The predicted molar refractivity (Wildman–Crippen MR) is 181 cm³/mol. The van der Waals surface area contributed by atoms with Crippen LogP contribution in [0.25, 0.3) is 16.8 Å². The number of carbonyl (C=O) groups is 1.